The monoisotopic (exact) mass is 360 g/mol. The van der Waals surface area contributed by atoms with Crippen LogP contribution in [0.4, 0.5) is 4.79 Å². The molecule has 2 aliphatic heterocycles. The van der Waals surface area contributed by atoms with Gasteiger partial charge in [0.15, 0.2) is 0 Å². The SMILES string of the molecule is CC[N+]1=C(n2nc(C)c(C)c2C)N=C2C1C(=O)N(CC(N)=O)C(=O)N2C. The zero-order valence-electron chi connectivity index (χ0n) is 15.5. The Balaban J connectivity index is 2.14. The van der Waals surface area contributed by atoms with Crippen molar-refractivity contribution in [3.05, 3.63) is 17.0 Å². The number of nitrogens with two attached hydrogens (primary N) is 1. The van der Waals surface area contributed by atoms with E-state index < -0.39 is 30.4 Å². The first-order valence-electron chi connectivity index (χ1n) is 8.31. The van der Waals surface area contributed by atoms with Crippen LogP contribution in [0.25, 0.3) is 0 Å². The first kappa shape index (κ1) is 17.8. The van der Waals surface area contributed by atoms with Crippen LogP contribution in [0.5, 0.6) is 0 Å². The topological polar surface area (TPSA) is 117 Å². The molecule has 0 spiro atoms. The van der Waals surface area contributed by atoms with E-state index in [0.29, 0.717) is 18.3 Å². The summed E-state index contributed by atoms with van der Waals surface area (Å²) in [7, 11) is 1.53. The summed E-state index contributed by atoms with van der Waals surface area (Å²) in [5.41, 5.74) is 8.00. The summed E-state index contributed by atoms with van der Waals surface area (Å²) in [6.07, 6.45) is 0. The van der Waals surface area contributed by atoms with Crippen molar-refractivity contribution in [1.29, 1.82) is 0 Å². The van der Waals surface area contributed by atoms with Crippen LogP contribution in [0.2, 0.25) is 0 Å². The summed E-state index contributed by atoms with van der Waals surface area (Å²) < 4.78 is 3.46. The van der Waals surface area contributed by atoms with Crippen LogP contribution in [0.15, 0.2) is 4.99 Å². The Labute approximate surface area is 150 Å². The Morgan fingerprint density at radius 2 is 1.92 bits per heavy atom. The fourth-order valence-electron chi connectivity index (χ4n) is 3.22. The molecule has 0 aliphatic carbocycles. The Bertz CT molecular complexity index is 896. The number of carbonyl (C=O) groups excluding carboxylic acids is 3. The average molecular weight is 360 g/mol. The van der Waals surface area contributed by atoms with Gasteiger partial charge in [0.2, 0.25) is 17.8 Å². The minimum Gasteiger partial charge on any atom is -0.368 e. The summed E-state index contributed by atoms with van der Waals surface area (Å²) in [4.78, 5) is 43.3. The number of fused-ring (bicyclic) bond motifs is 1. The summed E-state index contributed by atoms with van der Waals surface area (Å²) in [5.74, 6) is -0.460. The molecule has 138 valence electrons. The molecule has 1 aromatic heterocycles. The number of urea groups is 1. The molecule has 2 N–H and O–H groups in total. The number of rotatable bonds is 3. The second-order valence-corrected chi connectivity index (χ2v) is 6.40. The molecule has 1 unspecified atom stereocenters. The van der Waals surface area contributed by atoms with Crippen molar-refractivity contribution in [2.45, 2.75) is 33.7 Å². The van der Waals surface area contributed by atoms with Crippen LogP contribution in [-0.4, -0.2) is 80.0 Å². The molecule has 0 radical (unpaired) electrons. The zero-order valence-corrected chi connectivity index (χ0v) is 15.5. The second kappa shape index (κ2) is 6.04. The van der Waals surface area contributed by atoms with Gasteiger partial charge >= 0.3 is 12.0 Å². The van der Waals surface area contributed by atoms with E-state index in [1.54, 1.807) is 9.26 Å². The van der Waals surface area contributed by atoms with Crippen LogP contribution >= 0.6 is 0 Å². The molecule has 2 aliphatic rings. The number of amidine groups is 1. The highest BCUT2D eigenvalue weighted by Crippen LogP contribution is 2.21. The van der Waals surface area contributed by atoms with E-state index in [1.165, 1.54) is 11.9 Å². The van der Waals surface area contributed by atoms with Crippen molar-refractivity contribution < 1.29 is 19.0 Å². The first-order chi connectivity index (χ1) is 12.2. The number of amides is 4. The number of imide groups is 1. The number of primary amides is 1. The van der Waals surface area contributed by atoms with Gasteiger partial charge in [-0.25, -0.2) is 9.37 Å². The standard InChI is InChI=1S/C16H21N7O3/c1-6-21-12-13(18-15(21)23-10(4)8(2)9(3)19-23)20(5)16(26)22(14(12)25)7-11(17)24/h12H,6-7H2,1-5H3,(H-,17,24)/p+1. The van der Waals surface area contributed by atoms with E-state index in [2.05, 4.69) is 10.1 Å². The maximum atomic E-state index is 12.9. The van der Waals surface area contributed by atoms with E-state index in [9.17, 15) is 14.4 Å². The molecule has 3 heterocycles. The molecular weight excluding hydrogens is 338 g/mol. The largest absolute Gasteiger partial charge is 0.421 e. The maximum absolute atomic E-state index is 12.9. The molecule has 1 atom stereocenters. The molecule has 1 fully saturated rings. The lowest BCUT2D eigenvalue weighted by Crippen LogP contribution is -2.63. The quantitative estimate of drug-likeness (QED) is 0.711. The Kier molecular flexibility index (Phi) is 4.13. The van der Waals surface area contributed by atoms with Gasteiger partial charge < -0.3 is 5.73 Å². The molecule has 26 heavy (non-hydrogen) atoms. The van der Waals surface area contributed by atoms with Gasteiger partial charge in [-0.3, -0.25) is 19.4 Å². The second-order valence-electron chi connectivity index (χ2n) is 6.40. The maximum Gasteiger partial charge on any atom is 0.421 e. The van der Waals surface area contributed by atoms with Gasteiger partial charge in [-0.1, -0.05) is 4.99 Å². The van der Waals surface area contributed by atoms with Crippen molar-refractivity contribution >= 4 is 29.6 Å². The van der Waals surface area contributed by atoms with Crippen molar-refractivity contribution in [3.63, 3.8) is 0 Å². The fourth-order valence-corrected chi connectivity index (χ4v) is 3.22. The number of aliphatic imine (C=N–C) groups is 1. The molecule has 10 heteroatoms. The summed E-state index contributed by atoms with van der Waals surface area (Å²) in [6, 6.07) is -1.41. The normalized spacial score (nSPS) is 20.0. The van der Waals surface area contributed by atoms with Gasteiger partial charge in [-0.2, -0.15) is 0 Å². The average Bonchev–Trinajstić information content (AvgIpc) is 3.09. The van der Waals surface area contributed by atoms with Crippen molar-refractivity contribution in [2.75, 3.05) is 20.1 Å². The Hall–Kier alpha value is -3.04. The molecule has 3 rings (SSSR count). The van der Waals surface area contributed by atoms with Crippen molar-refractivity contribution in [1.82, 2.24) is 19.6 Å². The highest BCUT2D eigenvalue weighted by Gasteiger charge is 2.53. The summed E-state index contributed by atoms with van der Waals surface area (Å²) in [6.45, 7) is 7.70. The molecular formula is C16H22N7O3+. The zero-order chi connectivity index (χ0) is 19.3. The van der Waals surface area contributed by atoms with E-state index in [4.69, 9.17) is 5.73 Å². The van der Waals surface area contributed by atoms with Gasteiger partial charge in [0.1, 0.15) is 12.2 Å². The van der Waals surface area contributed by atoms with Crippen LogP contribution in [-0.2, 0) is 9.59 Å². The highest BCUT2D eigenvalue weighted by molar-refractivity contribution is 6.23. The molecule has 0 bridgehead atoms. The predicted molar refractivity (Wildman–Crippen MR) is 92.9 cm³/mol. The summed E-state index contributed by atoms with van der Waals surface area (Å²) in [5, 5.41) is 4.51. The van der Waals surface area contributed by atoms with Crippen molar-refractivity contribution in [2.24, 2.45) is 10.7 Å². The van der Waals surface area contributed by atoms with Gasteiger partial charge in [0, 0.05) is 12.6 Å². The van der Waals surface area contributed by atoms with Crippen LogP contribution in [0, 0.1) is 20.8 Å². The molecule has 10 nitrogen and oxygen atoms in total. The number of carbonyl (C=O) groups is 3. The smallest absolute Gasteiger partial charge is 0.368 e. The number of aromatic nitrogens is 2. The predicted octanol–water partition coefficient (Wildman–Crippen LogP) is -0.795. The van der Waals surface area contributed by atoms with E-state index in [-0.39, 0.29) is 0 Å². The van der Waals surface area contributed by atoms with E-state index in [1.807, 2.05) is 27.7 Å². The van der Waals surface area contributed by atoms with Gasteiger partial charge in [0.05, 0.1) is 12.2 Å². The lowest BCUT2D eigenvalue weighted by atomic mass is 10.1. The number of aryl methyl sites for hydroxylation is 1. The lowest BCUT2D eigenvalue weighted by molar-refractivity contribution is -0.534. The number of hydrogen-bond acceptors (Lipinski definition) is 5. The van der Waals surface area contributed by atoms with Gasteiger partial charge in [-0.05, 0) is 27.7 Å². The number of hydrogen-bond donors (Lipinski definition) is 1. The fraction of sp³-hybridized carbons (Fsp3) is 0.500. The Morgan fingerprint density at radius 1 is 1.27 bits per heavy atom. The molecule has 1 saturated heterocycles. The molecule has 0 saturated carbocycles. The molecule has 0 aromatic carbocycles. The number of nitrogens with zero attached hydrogens (tertiary/aromatic N) is 6. The minimum absolute atomic E-state index is 0.322. The third kappa shape index (κ3) is 2.40. The molecule has 1 aromatic rings. The van der Waals surface area contributed by atoms with Gasteiger partial charge in [-0.15, -0.1) is 9.78 Å². The third-order valence-corrected chi connectivity index (χ3v) is 4.89. The minimum atomic E-state index is -0.790. The molecule has 4 amide bonds. The van der Waals surface area contributed by atoms with Crippen LogP contribution < -0.4 is 5.73 Å². The Morgan fingerprint density at radius 3 is 2.42 bits per heavy atom. The summed E-state index contributed by atoms with van der Waals surface area (Å²) >= 11 is 0. The van der Waals surface area contributed by atoms with Crippen LogP contribution in [0.1, 0.15) is 23.9 Å². The number of likely N-dealkylation sites (N-methyl/N-ethyl adjacent to an activating group) is 2. The van der Waals surface area contributed by atoms with E-state index >= 15 is 0 Å². The third-order valence-electron chi connectivity index (χ3n) is 4.89. The first-order valence-corrected chi connectivity index (χ1v) is 8.31. The lowest BCUT2D eigenvalue weighted by Gasteiger charge is -2.33. The van der Waals surface area contributed by atoms with Gasteiger partial charge in [0.25, 0.3) is 5.91 Å². The van der Waals surface area contributed by atoms with E-state index in [0.717, 1.165) is 21.9 Å². The van der Waals surface area contributed by atoms with Crippen LogP contribution in [0.3, 0.4) is 0 Å². The highest BCUT2D eigenvalue weighted by atomic mass is 16.2. The van der Waals surface area contributed by atoms with Crippen molar-refractivity contribution in [3.8, 4) is 0 Å².